The molecule has 0 heterocycles. The van der Waals surface area contributed by atoms with Gasteiger partial charge in [-0.2, -0.15) is 0 Å². The van der Waals surface area contributed by atoms with Crippen LogP contribution in [-0.2, 0) is 24.4 Å². The van der Waals surface area contributed by atoms with E-state index in [0.717, 1.165) is 33.6 Å². The number of unbranched alkanes of at least 4 members (excludes halogenated alkanes) is 1. The van der Waals surface area contributed by atoms with Gasteiger partial charge in [0.2, 0.25) is 0 Å². The molecule has 0 spiro atoms. The van der Waals surface area contributed by atoms with Crippen LogP contribution in [-0.4, -0.2) is 47.3 Å². The number of hydrogen-bond acceptors (Lipinski definition) is 5. The van der Waals surface area contributed by atoms with E-state index in [9.17, 15) is 19.1 Å². The third-order valence-corrected chi connectivity index (χ3v) is 7.26. The first kappa shape index (κ1) is 31.3. The zero-order chi connectivity index (χ0) is 30.6. The summed E-state index contributed by atoms with van der Waals surface area (Å²) in [6.45, 7) is 2.12. The fourth-order valence-corrected chi connectivity index (χ4v) is 4.83. The van der Waals surface area contributed by atoms with E-state index in [1.54, 1.807) is 37.4 Å². The van der Waals surface area contributed by atoms with Crippen LogP contribution in [0.2, 0.25) is 0 Å². The molecule has 0 fully saturated rings. The SMILES string of the molecule is COc1ccc(-c2ccc(OCc3ccc(F)cc3CCN(CCCCC(=O)O)Cc3ccc(C(=O)O)cc3)cc2)cc1. The highest BCUT2D eigenvalue weighted by Crippen LogP contribution is 2.25. The van der Waals surface area contributed by atoms with Gasteiger partial charge in [0.05, 0.1) is 12.7 Å². The third-order valence-electron chi connectivity index (χ3n) is 7.26. The Labute approximate surface area is 251 Å². The smallest absolute Gasteiger partial charge is 0.335 e. The molecular weight excluding hydrogens is 549 g/mol. The van der Waals surface area contributed by atoms with E-state index in [1.807, 2.05) is 48.5 Å². The van der Waals surface area contributed by atoms with Crippen molar-refractivity contribution in [3.63, 3.8) is 0 Å². The van der Waals surface area contributed by atoms with E-state index in [-0.39, 0.29) is 24.4 Å². The first-order valence-corrected chi connectivity index (χ1v) is 14.2. The number of aliphatic carboxylic acids is 1. The Balaban J connectivity index is 1.40. The summed E-state index contributed by atoms with van der Waals surface area (Å²) < 4.78 is 25.6. The molecule has 0 aromatic heterocycles. The second-order valence-electron chi connectivity index (χ2n) is 10.3. The van der Waals surface area contributed by atoms with Crippen molar-refractivity contribution in [2.75, 3.05) is 20.2 Å². The minimum atomic E-state index is -0.980. The van der Waals surface area contributed by atoms with Gasteiger partial charge in [-0.05, 0) is 102 Å². The van der Waals surface area contributed by atoms with Gasteiger partial charge < -0.3 is 19.7 Å². The summed E-state index contributed by atoms with van der Waals surface area (Å²) in [7, 11) is 1.64. The number of methoxy groups -OCH3 is 1. The summed E-state index contributed by atoms with van der Waals surface area (Å²) in [5, 5.41) is 18.2. The van der Waals surface area contributed by atoms with Gasteiger partial charge in [-0.3, -0.25) is 9.69 Å². The summed E-state index contributed by atoms with van der Waals surface area (Å²) in [4.78, 5) is 24.4. The van der Waals surface area contributed by atoms with Crippen LogP contribution < -0.4 is 9.47 Å². The molecule has 0 atom stereocenters. The molecular formula is C35H36FNO6. The van der Waals surface area contributed by atoms with Crippen molar-refractivity contribution < 1.29 is 33.7 Å². The number of carboxylic acids is 2. The molecule has 0 unspecified atom stereocenters. The maximum Gasteiger partial charge on any atom is 0.335 e. The maximum absolute atomic E-state index is 14.3. The monoisotopic (exact) mass is 585 g/mol. The Bertz CT molecular complexity index is 1490. The van der Waals surface area contributed by atoms with Crippen LogP contribution >= 0.6 is 0 Å². The lowest BCUT2D eigenvalue weighted by Gasteiger charge is -2.23. The molecule has 4 rings (SSSR count). The number of halogens is 1. The standard InChI is InChI=1S/C35H36FNO6/c1-42-32-15-10-26(11-16-32)27-12-17-33(18-13-27)43-24-30-9-14-31(36)22-29(30)19-21-37(20-3-2-4-34(38)39)23-25-5-7-28(8-6-25)35(40)41/h5-18,22H,2-4,19-21,23-24H2,1H3,(H,38,39)(H,40,41). The third kappa shape index (κ3) is 9.68. The molecule has 43 heavy (non-hydrogen) atoms. The quantitative estimate of drug-likeness (QED) is 0.136. The van der Waals surface area contributed by atoms with Crippen molar-refractivity contribution in [3.05, 3.63) is 119 Å². The Morgan fingerprint density at radius 1 is 0.767 bits per heavy atom. The summed E-state index contributed by atoms with van der Waals surface area (Å²) >= 11 is 0. The highest BCUT2D eigenvalue weighted by atomic mass is 19.1. The first-order valence-electron chi connectivity index (χ1n) is 14.2. The molecule has 4 aromatic carbocycles. The Kier molecular flexibility index (Phi) is 11.3. The average molecular weight is 586 g/mol. The molecule has 0 aliphatic carbocycles. The van der Waals surface area contributed by atoms with Crippen molar-refractivity contribution in [2.45, 2.75) is 38.8 Å². The van der Waals surface area contributed by atoms with Crippen LogP contribution in [0.5, 0.6) is 11.5 Å². The number of carboxylic acid groups (broad SMARTS) is 2. The second kappa shape index (κ2) is 15.5. The molecule has 7 nitrogen and oxygen atoms in total. The minimum absolute atomic E-state index is 0.105. The van der Waals surface area contributed by atoms with Crippen LogP contribution in [0.1, 0.15) is 46.3 Å². The van der Waals surface area contributed by atoms with Crippen LogP contribution in [0.25, 0.3) is 11.1 Å². The zero-order valence-corrected chi connectivity index (χ0v) is 24.2. The molecule has 2 N–H and O–H groups in total. The van der Waals surface area contributed by atoms with Gasteiger partial charge in [0.1, 0.15) is 23.9 Å². The molecule has 0 saturated carbocycles. The number of carbonyl (C=O) groups is 2. The lowest BCUT2D eigenvalue weighted by molar-refractivity contribution is -0.137. The highest BCUT2D eigenvalue weighted by Gasteiger charge is 2.12. The van der Waals surface area contributed by atoms with E-state index >= 15 is 0 Å². The molecule has 4 aromatic rings. The molecule has 8 heteroatoms. The van der Waals surface area contributed by atoms with Gasteiger partial charge in [0.15, 0.2) is 0 Å². The Morgan fingerprint density at radius 2 is 1.42 bits per heavy atom. The van der Waals surface area contributed by atoms with Crippen LogP contribution in [0.15, 0.2) is 91.0 Å². The topological polar surface area (TPSA) is 96.3 Å². The van der Waals surface area contributed by atoms with E-state index in [1.165, 1.54) is 12.1 Å². The van der Waals surface area contributed by atoms with Crippen LogP contribution in [0.3, 0.4) is 0 Å². The number of rotatable bonds is 16. The van der Waals surface area contributed by atoms with Crippen molar-refractivity contribution in [2.24, 2.45) is 0 Å². The van der Waals surface area contributed by atoms with Crippen molar-refractivity contribution in [3.8, 4) is 22.6 Å². The van der Waals surface area contributed by atoms with Gasteiger partial charge in [0.25, 0.3) is 0 Å². The van der Waals surface area contributed by atoms with Crippen LogP contribution in [0.4, 0.5) is 4.39 Å². The van der Waals surface area contributed by atoms with Gasteiger partial charge >= 0.3 is 11.9 Å². The molecule has 0 amide bonds. The van der Waals surface area contributed by atoms with Crippen molar-refractivity contribution in [1.82, 2.24) is 4.90 Å². The predicted octanol–water partition coefficient (Wildman–Crippen LogP) is 7.08. The van der Waals surface area contributed by atoms with E-state index in [0.29, 0.717) is 44.6 Å². The lowest BCUT2D eigenvalue weighted by Crippen LogP contribution is -2.27. The van der Waals surface area contributed by atoms with E-state index < -0.39 is 11.9 Å². The first-order chi connectivity index (χ1) is 20.8. The molecule has 0 bridgehead atoms. The molecule has 0 aliphatic rings. The second-order valence-corrected chi connectivity index (χ2v) is 10.3. The van der Waals surface area contributed by atoms with Gasteiger partial charge in [-0.25, -0.2) is 9.18 Å². The Morgan fingerprint density at radius 3 is 2.02 bits per heavy atom. The van der Waals surface area contributed by atoms with Crippen LogP contribution in [0, 0.1) is 5.82 Å². The number of hydrogen-bond donors (Lipinski definition) is 2. The predicted molar refractivity (Wildman–Crippen MR) is 163 cm³/mol. The van der Waals surface area contributed by atoms with Gasteiger partial charge in [0, 0.05) is 19.5 Å². The largest absolute Gasteiger partial charge is 0.497 e. The summed E-state index contributed by atoms with van der Waals surface area (Å²) in [6.07, 6.45) is 1.93. The Hall–Kier alpha value is -4.69. The number of ether oxygens (including phenoxy) is 2. The molecule has 0 saturated heterocycles. The van der Waals surface area contributed by atoms with Gasteiger partial charge in [-0.1, -0.05) is 42.5 Å². The normalized spacial score (nSPS) is 11.0. The summed E-state index contributed by atoms with van der Waals surface area (Å²) in [5.41, 5.74) is 5.02. The minimum Gasteiger partial charge on any atom is -0.497 e. The zero-order valence-electron chi connectivity index (χ0n) is 24.2. The van der Waals surface area contributed by atoms with Crippen molar-refractivity contribution >= 4 is 11.9 Å². The maximum atomic E-state index is 14.3. The molecule has 0 aliphatic heterocycles. The van der Waals surface area contributed by atoms with Gasteiger partial charge in [-0.15, -0.1) is 0 Å². The summed E-state index contributed by atoms with van der Waals surface area (Å²) in [5.74, 6) is -0.617. The molecule has 224 valence electrons. The fraction of sp³-hybridized carbons (Fsp3) is 0.257. The average Bonchev–Trinajstić information content (AvgIpc) is 3.01. The highest BCUT2D eigenvalue weighted by molar-refractivity contribution is 5.87. The van der Waals surface area contributed by atoms with E-state index in [2.05, 4.69) is 4.90 Å². The molecule has 0 radical (unpaired) electrons. The number of nitrogens with zero attached hydrogens (tertiary/aromatic N) is 1. The number of aromatic carboxylic acids is 1. The fourth-order valence-electron chi connectivity index (χ4n) is 4.83. The summed E-state index contributed by atoms with van der Waals surface area (Å²) in [6, 6.07) is 27.1. The van der Waals surface area contributed by atoms with E-state index in [4.69, 9.17) is 14.6 Å². The van der Waals surface area contributed by atoms with Crippen molar-refractivity contribution in [1.29, 1.82) is 0 Å². The lowest BCUT2D eigenvalue weighted by atomic mass is 10.0. The number of benzene rings is 4.